The molecule has 206 valence electrons. The monoisotopic (exact) mass is 632 g/mol. The molecule has 0 saturated carbocycles. The van der Waals surface area contributed by atoms with Crippen molar-refractivity contribution < 1.29 is 19.0 Å². The van der Waals surface area contributed by atoms with Gasteiger partial charge in [-0.15, -0.1) is 0 Å². The minimum atomic E-state index is -2.71. The number of anilines is 1. The summed E-state index contributed by atoms with van der Waals surface area (Å²) >= 11 is -2.71. The second-order valence-electron chi connectivity index (χ2n) is 11.7. The number of piperidine rings is 1. The van der Waals surface area contributed by atoms with Crippen LogP contribution >= 0.6 is 0 Å². The van der Waals surface area contributed by atoms with E-state index in [0.29, 0.717) is 19.6 Å². The third-order valence-corrected chi connectivity index (χ3v) is 11.6. The first-order valence-electron chi connectivity index (χ1n) is 13.1. The summed E-state index contributed by atoms with van der Waals surface area (Å²) in [5.74, 6) is 2.26. The Morgan fingerprint density at radius 3 is 2.58 bits per heavy atom. The molecule has 10 nitrogen and oxygen atoms in total. The van der Waals surface area contributed by atoms with Gasteiger partial charge in [0.1, 0.15) is 0 Å². The number of nitrogens with zero attached hydrogens (tertiary/aromatic N) is 5. The summed E-state index contributed by atoms with van der Waals surface area (Å²) in [7, 11) is 3.29. The normalized spacial score (nSPS) is 16.4. The molecule has 1 amide bonds. The molecule has 1 N–H and O–H groups in total. The van der Waals surface area contributed by atoms with Gasteiger partial charge in [0.15, 0.2) is 0 Å². The molecule has 3 aromatic rings. The average molecular weight is 631 g/mol. The molecule has 4 rings (SSSR count). The van der Waals surface area contributed by atoms with Gasteiger partial charge in [-0.1, -0.05) is 0 Å². The van der Waals surface area contributed by atoms with Gasteiger partial charge in [0, 0.05) is 0 Å². The number of carbonyl (C=O) groups is 1. The van der Waals surface area contributed by atoms with Crippen molar-refractivity contribution in [3.63, 3.8) is 0 Å². The van der Waals surface area contributed by atoms with Gasteiger partial charge in [0.2, 0.25) is 0 Å². The van der Waals surface area contributed by atoms with E-state index in [4.69, 9.17) is 24.3 Å². The fourth-order valence-corrected chi connectivity index (χ4v) is 8.67. The van der Waals surface area contributed by atoms with Crippen LogP contribution in [0, 0.1) is 0 Å². The molecule has 0 bridgehead atoms. The number of methoxy groups -OCH3 is 2. The van der Waals surface area contributed by atoms with Gasteiger partial charge < -0.3 is 0 Å². The van der Waals surface area contributed by atoms with Crippen molar-refractivity contribution in [2.75, 3.05) is 32.6 Å². The maximum absolute atomic E-state index is 12.8. The molecule has 38 heavy (non-hydrogen) atoms. The first kappa shape index (κ1) is 28.3. The number of ether oxygens (including phenoxy) is 3. The van der Waals surface area contributed by atoms with E-state index in [1.165, 1.54) is 0 Å². The van der Waals surface area contributed by atoms with Gasteiger partial charge in [-0.05, 0) is 0 Å². The number of rotatable bonds is 7. The zero-order chi connectivity index (χ0) is 27.7. The van der Waals surface area contributed by atoms with Crippen molar-refractivity contribution in [1.29, 1.82) is 0 Å². The fraction of sp³-hybridized carbons (Fsp3) is 0.556. The summed E-state index contributed by atoms with van der Waals surface area (Å²) in [5.41, 5.74) is 1.27. The third-order valence-electron chi connectivity index (χ3n) is 6.53. The van der Waals surface area contributed by atoms with Crippen molar-refractivity contribution in [2.45, 2.75) is 66.6 Å². The van der Waals surface area contributed by atoms with Crippen LogP contribution in [0.2, 0.25) is 14.8 Å². The van der Waals surface area contributed by atoms with Crippen molar-refractivity contribution in [3.05, 3.63) is 30.1 Å². The van der Waals surface area contributed by atoms with E-state index >= 15 is 0 Å². The molecule has 0 aliphatic carbocycles. The molecule has 1 unspecified atom stereocenters. The molecule has 3 heterocycles. The molecular weight excluding hydrogens is 591 g/mol. The van der Waals surface area contributed by atoms with Gasteiger partial charge in [0.05, 0.1) is 0 Å². The van der Waals surface area contributed by atoms with Crippen LogP contribution in [0.1, 0.15) is 45.2 Å². The molecule has 0 radical (unpaired) electrons. The Kier molecular flexibility index (Phi) is 8.29. The number of hydrogen-bond acceptors (Lipinski definition) is 8. The molecule has 1 aliphatic heterocycles. The Balaban J connectivity index is 1.67. The first-order chi connectivity index (χ1) is 17.9. The van der Waals surface area contributed by atoms with Crippen molar-refractivity contribution in [3.8, 4) is 11.5 Å². The van der Waals surface area contributed by atoms with E-state index < -0.39 is 24.0 Å². The molecule has 1 aliphatic rings. The van der Waals surface area contributed by atoms with Gasteiger partial charge in [-0.2, -0.15) is 0 Å². The third kappa shape index (κ3) is 6.27. The first-order valence-corrected chi connectivity index (χ1v) is 23.1. The molecule has 1 saturated heterocycles. The van der Waals surface area contributed by atoms with Gasteiger partial charge >= 0.3 is 230 Å². The number of amides is 1. The molecule has 2 aromatic heterocycles. The van der Waals surface area contributed by atoms with E-state index in [1.807, 2.05) is 43.7 Å². The number of carbonyl (C=O) groups excluding carboxylic acids is 1. The zero-order valence-electron chi connectivity index (χ0n) is 23.8. The Labute approximate surface area is 228 Å². The number of nitrogens with one attached hydrogen (secondary N) is 1. The van der Waals surface area contributed by atoms with E-state index in [0.717, 1.165) is 50.5 Å². The summed E-state index contributed by atoms with van der Waals surface area (Å²) in [5, 5.41) is 9.68. The number of aromatic nitrogens is 4. The second kappa shape index (κ2) is 11.2. The van der Waals surface area contributed by atoms with Crippen LogP contribution in [-0.4, -0.2) is 82.0 Å². The van der Waals surface area contributed by atoms with Gasteiger partial charge in [0.25, 0.3) is 0 Å². The predicted octanol–water partition coefficient (Wildman–Crippen LogP) is 4.57. The summed E-state index contributed by atoms with van der Waals surface area (Å²) in [6, 6.07) is 5.81. The average Bonchev–Trinajstić information content (AvgIpc) is 3.27. The van der Waals surface area contributed by atoms with Crippen molar-refractivity contribution in [1.82, 2.24) is 24.6 Å². The van der Waals surface area contributed by atoms with Crippen LogP contribution in [0.15, 0.2) is 24.5 Å². The fourth-order valence-electron chi connectivity index (χ4n) is 4.71. The van der Waals surface area contributed by atoms with Crippen LogP contribution in [0.5, 0.6) is 11.5 Å². The standard InChI is InChI=1S/C24H31N6O4.3CH3.Sn/c1-24(2,3)34-23(31)29-10-6-7-17(14-29)30-22-19(13-28-30)21(26-15-27-22)25-12-16-8-9-18(32-4)11-20(16)33-5;;;;/h8-9,11,15,17H,6-7,10,12,14H2,1-5H3,(H,25,26,27);3*1H3;. The Morgan fingerprint density at radius 1 is 1.16 bits per heavy atom. The molecule has 11 heteroatoms. The van der Waals surface area contributed by atoms with Gasteiger partial charge in [-0.25, -0.2) is 0 Å². The topological polar surface area (TPSA) is 104 Å². The Hall–Kier alpha value is -2.76. The SMILES string of the molecule is COc1ccc(CNc2ncnc3c2[c]([Sn]([CH3])([CH3])[CH3])nn3C2CCCN(C(=O)OC(C)(C)C)C2)c(OC)c1. The summed E-state index contributed by atoms with van der Waals surface area (Å²) in [4.78, 5) is 31.0. The van der Waals surface area contributed by atoms with Crippen molar-refractivity contribution >= 4 is 45.0 Å². The molecule has 0 spiro atoms. The molecule has 1 fully saturated rings. The maximum atomic E-state index is 12.8. The van der Waals surface area contributed by atoms with Crippen LogP contribution in [0.25, 0.3) is 11.0 Å². The summed E-state index contributed by atoms with van der Waals surface area (Å²) in [6.45, 7) is 7.43. The number of likely N-dealkylation sites (tertiary alicyclic amines) is 1. The minimum absolute atomic E-state index is 0.0191. The predicted molar refractivity (Wildman–Crippen MR) is 151 cm³/mol. The quantitative estimate of drug-likeness (QED) is 0.379. The van der Waals surface area contributed by atoms with E-state index in [1.54, 1.807) is 25.4 Å². The Bertz CT molecular complexity index is 1300. The summed E-state index contributed by atoms with van der Waals surface area (Å²) < 4.78 is 19.7. The number of benzene rings is 1. The molecular formula is C27H40N6O4Sn. The van der Waals surface area contributed by atoms with E-state index in [-0.39, 0.29) is 12.1 Å². The van der Waals surface area contributed by atoms with E-state index in [9.17, 15) is 4.79 Å². The molecule has 1 aromatic carbocycles. The second-order valence-corrected chi connectivity index (χ2v) is 25.9. The van der Waals surface area contributed by atoms with Crippen LogP contribution < -0.4 is 18.5 Å². The van der Waals surface area contributed by atoms with E-state index in [2.05, 4.69) is 25.1 Å². The Morgan fingerprint density at radius 2 is 1.92 bits per heavy atom. The molecule has 1 atom stereocenters. The zero-order valence-corrected chi connectivity index (χ0v) is 26.6. The summed E-state index contributed by atoms with van der Waals surface area (Å²) in [6.07, 6.45) is 3.11. The van der Waals surface area contributed by atoms with Gasteiger partial charge in [-0.3, -0.25) is 0 Å². The van der Waals surface area contributed by atoms with Crippen LogP contribution in [-0.2, 0) is 11.3 Å². The van der Waals surface area contributed by atoms with Crippen LogP contribution in [0.4, 0.5) is 10.6 Å². The number of hydrogen-bond donors (Lipinski definition) is 1. The van der Waals surface area contributed by atoms with Crippen molar-refractivity contribution in [2.24, 2.45) is 0 Å². The number of fused-ring (bicyclic) bond motifs is 1. The van der Waals surface area contributed by atoms with Crippen LogP contribution in [0.3, 0.4) is 0 Å².